The molecule has 0 aromatic carbocycles. The third kappa shape index (κ3) is 5.39. The van der Waals surface area contributed by atoms with Crippen molar-refractivity contribution in [2.75, 3.05) is 39.8 Å². The zero-order valence-corrected chi connectivity index (χ0v) is 14.1. The van der Waals surface area contributed by atoms with Crippen LogP contribution in [-0.4, -0.2) is 55.5 Å². The number of hydrogen-bond donors (Lipinski definition) is 1. The van der Waals surface area contributed by atoms with E-state index in [1.165, 1.54) is 4.88 Å². The number of hydrogen-bond acceptors (Lipinski definition) is 4. The van der Waals surface area contributed by atoms with Crippen LogP contribution in [0, 0.1) is 0 Å². The van der Waals surface area contributed by atoms with Crippen LogP contribution >= 0.6 is 39.7 Å². The van der Waals surface area contributed by atoms with E-state index in [1.807, 2.05) is 11.9 Å². The first kappa shape index (κ1) is 16.9. The predicted octanol–water partition coefficient (Wildman–Crippen LogP) is 1.80. The highest BCUT2D eigenvalue weighted by Gasteiger charge is 2.17. The largest absolute Gasteiger partial charge is 0.339 e. The van der Waals surface area contributed by atoms with Crippen LogP contribution in [0.5, 0.6) is 0 Å². The van der Waals surface area contributed by atoms with Gasteiger partial charge in [0.05, 0.1) is 6.54 Å². The number of thiophene rings is 1. The highest BCUT2D eigenvalue weighted by molar-refractivity contribution is 9.10. The van der Waals surface area contributed by atoms with Gasteiger partial charge in [0.25, 0.3) is 0 Å². The van der Waals surface area contributed by atoms with Crippen LogP contribution in [0.2, 0.25) is 0 Å². The van der Waals surface area contributed by atoms with Crippen LogP contribution in [-0.2, 0) is 11.3 Å². The summed E-state index contributed by atoms with van der Waals surface area (Å²) in [6.45, 7) is 4.80. The Hall–Kier alpha value is -0.140. The number of rotatable bonds is 4. The van der Waals surface area contributed by atoms with Crippen molar-refractivity contribution >= 4 is 45.6 Å². The minimum Gasteiger partial charge on any atom is -0.339 e. The van der Waals surface area contributed by atoms with E-state index in [0.29, 0.717) is 6.54 Å². The average Bonchev–Trinajstić information content (AvgIpc) is 2.75. The molecule has 19 heavy (non-hydrogen) atoms. The van der Waals surface area contributed by atoms with E-state index in [9.17, 15) is 4.79 Å². The SMILES string of the molecule is CN(CC(=O)N1CCNCC1)Cc1cc(Br)cs1.Cl. The first-order valence-corrected chi connectivity index (χ1v) is 7.72. The number of nitrogens with one attached hydrogen (secondary N) is 1. The molecule has 7 heteroatoms. The van der Waals surface area contributed by atoms with Crippen molar-refractivity contribution in [3.8, 4) is 0 Å². The van der Waals surface area contributed by atoms with Gasteiger partial charge in [0.15, 0.2) is 0 Å². The van der Waals surface area contributed by atoms with Crippen LogP contribution in [0.1, 0.15) is 4.88 Å². The summed E-state index contributed by atoms with van der Waals surface area (Å²) in [7, 11) is 1.99. The zero-order chi connectivity index (χ0) is 13.0. The minimum atomic E-state index is 0. The number of amides is 1. The second-order valence-electron chi connectivity index (χ2n) is 4.53. The van der Waals surface area contributed by atoms with E-state index in [1.54, 1.807) is 11.3 Å². The summed E-state index contributed by atoms with van der Waals surface area (Å²) in [6, 6.07) is 2.11. The monoisotopic (exact) mass is 367 g/mol. The molecule has 1 fully saturated rings. The summed E-state index contributed by atoms with van der Waals surface area (Å²) in [5.41, 5.74) is 0. The molecule has 1 aromatic heterocycles. The lowest BCUT2D eigenvalue weighted by Crippen LogP contribution is -2.49. The maximum atomic E-state index is 12.1. The summed E-state index contributed by atoms with van der Waals surface area (Å²) in [5.74, 6) is 0.231. The fraction of sp³-hybridized carbons (Fsp3) is 0.583. The van der Waals surface area contributed by atoms with Gasteiger partial charge in [-0.25, -0.2) is 0 Å². The fourth-order valence-electron chi connectivity index (χ4n) is 2.00. The molecule has 0 unspecified atom stereocenters. The van der Waals surface area contributed by atoms with Gasteiger partial charge in [-0.3, -0.25) is 9.69 Å². The van der Waals surface area contributed by atoms with E-state index >= 15 is 0 Å². The van der Waals surface area contributed by atoms with Gasteiger partial charge in [0.2, 0.25) is 5.91 Å². The van der Waals surface area contributed by atoms with Gasteiger partial charge in [-0.1, -0.05) is 0 Å². The summed E-state index contributed by atoms with van der Waals surface area (Å²) in [5, 5.41) is 5.33. The average molecular weight is 369 g/mol. The van der Waals surface area contributed by atoms with Gasteiger partial charge in [-0.2, -0.15) is 0 Å². The highest BCUT2D eigenvalue weighted by Crippen LogP contribution is 2.20. The van der Waals surface area contributed by atoms with E-state index in [0.717, 1.165) is 37.2 Å². The lowest BCUT2D eigenvalue weighted by molar-refractivity contribution is -0.132. The van der Waals surface area contributed by atoms with Crippen LogP contribution in [0.4, 0.5) is 0 Å². The summed E-state index contributed by atoms with van der Waals surface area (Å²) < 4.78 is 1.12. The Bertz CT molecular complexity index is 409. The molecule has 0 aliphatic carbocycles. The first-order chi connectivity index (χ1) is 8.65. The molecule has 0 bridgehead atoms. The molecule has 0 radical (unpaired) electrons. The first-order valence-electron chi connectivity index (χ1n) is 6.05. The molecule has 0 spiro atoms. The van der Waals surface area contributed by atoms with Crippen molar-refractivity contribution in [3.05, 3.63) is 20.8 Å². The maximum absolute atomic E-state index is 12.1. The van der Waals surface area contributed by atoms with Crippen LogP contribution < -0.4 is 5.32 Å². The Morgan fingerprint density at radius 3 is 2.79 bits per heavy atom. The normalized spacial score (nSPS) is 15.4. The lowest BCUT2D eigenvalue weighted by atomic mass is 10.3. The topological polar surface area (TPSA) is 35.6 Å². The third-order valence-corrected chi connectivity index (χ3v) is 4.60. The van der Waals surface area contributed by atoms with Crippen molar-refractivity contribution in [2.45, 2.75) is 6.54 Å². The summed E-state index contributed by atoms with van der Waals surface area (Å²) in [4.78, 5) is 17.3. The second kappa shape index (κ2) is 8.21. The van der Waals surface area contributed by atoms with Crippen molar-refractivity contribution in [2.24, 2.45) is 0 Å². The standard InChI is InChI=1S/C12H18BrN3OS.ClH/c1-15(7-11-6-10(13)9-18-11)8-12(17)16-4-2-14-3-5-16;/h6,9,14H,2-5,7-8H2,1H3;1H. The molecule has 0 atom stereocenters. The Morgan fingerprint density at radius 2 is 2.21 bits per heavy atom. The Labute approximate surface area is 132 Å². The third-order valence-electron chi connectivity index (χ3n) is 2.92. The molecule has 1 aliphatic rings. The second-order valence-corrected chi connectivity index (χ2v) is 6.45. The minimum absolute atomic E-state index is 0. The van der Waals surface area contributed by atoms with Crippen LogP contribution in [0.3, 0.4) is 0 Å². The van der Waals surface area contributed by atoms with Crippen molar-refractivity contribution < 1.29 is 4.79 Å². The molecule has 4 nitrogen and oxygen atoms in total. The van der Waals surface area contributed by atoms with Crippen molar-refractivity contribution in [1.82, 2.24) is 15.1 Å². The number of likely N-dealkylation sites (N-methyl/N-ethyl adjacent to an activating group) is 1. The molecule has 108 valence electrons. The molecule has 1 N–H and O–H groups in total. The van der Waals surface area contributed by atoms with Gasteiger partial charge in [-0.15, -0.1) is 23.7 Å². The number of nitrogens with zero attached hydrogens (tertiary/aromatic N) is 2. The van der Waals surface area contributed by atoms with Gasteiger partial charge >= 0.3 is 0 Å². The number of halogens is 2. The molecule has 0 saturated carbocycles. The molecule has 1 aromatic rings. The number of carbonyl (C=O) groups is 1. The number of piperazine rings is 1. The van der Waals surface area contributed by atoms with Crippen molar-refractivity contribution in [3.63, 3.8) is 0 Å². The molecule has 1 saturated heterocycles. The highest BCUT2D eigenvalue weighted by atomic mass is 79.9. The maximum Gasteiger partial charge on any atom is 0.236 e. The smallest absolute Gasteiger partial charge is 0.236 e. The van der Waals surface area contributed by atoms with Gasteiger partial charge < -0.3 is 10.2 Å². The molecular weight excluding hydrogens is 350 g/mol. The van der Waals surface area contributed by atoms with Gasteiger partial charge in [0.1, 0.15) is 0 Å². The Kier molecular flexibility index (Phi) is 7.31. The Balaban J connectivity index is 0.00000180. The van der Waals surface area contributed by atoms with Crippen molar-refractivity contribution in [1.29, 1.82) is 0 Å². The molecule has 2 rings (SSSR count). The molecule has 1 aliphatic heterocycles. The summed E-state index contributed by atoms with van der Waals surface area (Å²) >= 11 is 5.16. The lowest BCUT2D eigenvalue weighted by Gasteiger charge is -2.29. The van der Waals surface area contributed by atoms with Crippen LogP contribution in [0.25, 0.3) is 0 Å². The molecule has 1 amide bonds. The Morgan fingerprint density at radius 1 is 1.53 bits per heavy atom. The predicted molar refractivity (Wildman–Crippen MR) is 85.1 cm³/mol. The van der Waals surface area contributed by atoms with Gasteiger partial charge in [0, 0.05) is 47.5 Å². The van der Waals surface area contributed by atoms with E-state index < -0.39 is 0 Å². The van der Waals surface area contributed by atoms with Gasteiger partial charge in [-0.05, 0) is 29.0 Å². The summed E-state index contributed by atoms with van der Waals surface area (Å²) in [6.07, 6.45) is 0. The zero-order valence-electron chi connectivity index (χ0n) is 10.9. The quantitative estimate of drug-likeness (QED) is 0.880. The van der Waals surface area contributed by atoms with E-state index in [-0.39, 0.29) is 18.3 Å². The number of carbonyl (C=O) groups excluding carboxylic acids is 1. The fourth-order valence-corrected chi connectivity index (χ4v) is 3.53. The van der Waals surface area contributed by atoms with E-state index in [4.69, 9.17) is 0 Å². The molecular formula is C12H19BrClN3OS. The molecule has 2 heterocycles. The van der Waals surface area contributed by atoms with Crippen LogP contribution in [0.15, 0.2) is 15.9 Å². The van der Waals surface area contributed by atoms with E-state index in [2.05, 4.69) is 37.6 Å².